The number of phenols is 1. The molecule has 0 radical (unpaired) electrons. The molecule has 0 spiro atoms. The molecule has 0 heterocycles. The van der Waals surface area contributed by atoms with E-state index in [9.17, 15) is 5.11 Å². The number of aromatic hydroxyl groups is 1. The van der Waals surface area contributed by atoms with Gasteiger partial charge in [-0.25, -0.2) is 0 Å². The lowest BCUT2D eigenvalue weighted by molar-refractivity contribution is 0.134. The minimum absolute atomic E-state index is 0.329. The molecule has 0 unspecified atom stereocenters. The monoisotopic (exact) mass is 278 g/mol. The molecule has 0 aromatic heterocycles. The van der Waals surface area contributed by atoms with Gasteiger partial charge in [0, 0.05) is 6.61 Å². The molecule has 0 bridgehead atoms. The normalized spacial score (nSPS) is 10.2. The predicted molar refractivity (Wildman–Crippen MR) is 56.2 cm³/mol. The number of benzene rings is 1. The highest BCUT2D eigenvalue weighted by atomic mass is 127. The lowest BCUT2D eigenvalue weighted by atomic mass is 10.2. The maximum atomic E-state index is 9.22. The number of rotatable bonds is 3. The first-order valence-electron chi connectivity index (χ1n) is 3.79. The van der Waals surface area contributed by atoms with Gasteiger partial charge < -0.3 is 9.84 Å². The van der Waals surface area contributed by atoms with Crippen LogP contribution in [-0.4, -0.2) is 11.7 Å². The Morgan fingerprint density at radius 3 is 2.83 bits per heavy atom. The minimum atomic E-state index is 0.329. The Balaban J connectivity index is 2.69. The van der Waals surface area contributed by atoms with E-state index in [2.05, 4.69) is 22.6 Å². The third-order valence-corrected chi connectivity index (χ3v) is 2.35. The number of hydrogen-bond acceptors (Lipinski definition) is 2. The molecule has 66 valence electrons. The fourth-order valence-corrected chi connectivity index (χ4v) is 1.44. The van der Waals surface area contributed by atoms with Crippen LogP contribution in [0.4, 0.5) is 0 Å². The quantitative estimate of drug-likeness (QED) is 0.861. The summed E-state index contributed by atoms with van der Waals surface area (Å²) in [5, 5.41) is 9.22. The van der Waals surface area contributed by atoms with Crippen molar-refractivity contribution in [1.29, 1.82) is 0 Å². The molecule has 0 saturated carbocycles. The van der Waals surface area contributed by atoms with Crippen LogP contribution < -0.4 is 0 Å². The predicted octanol–water partition coefficient (Wildman–Crippen LogP) is 2.53. The van der Waals surface area contributed by atoms with Crippen molar-refractivity contribution in [1.82, 2.24) is 0 Å². The second-order valence-electron chi connectivity index (χ2n) is 2.42. The van der Waals surface area contributed by atoms with Gasteiger partial charge >= 0.3 is 0 Å². The summed E-state index contributed by atoms with van der Waals surface area (Å²) in [5.74, 6) is 0.329. The van der Waals surface area contributed by atoms with Gasteiger partial charge in [0.25, 0.3) is 0 Å². The first-order chi connectivity index (χ1) is 5.74. The molecule has 2 nitrogen and oxygen atoms in total. The van der Waals surface area contributed by atoms with Gasteiger partial charge in [-0.2, -0.15) is 0 Å². The Morgan fingerprint density at radius 2 is 2.25 bits per heavy atom. The number of halogens is 1. The first kappa shape index (κ1) is 9.80. The van der Waals surface area contributed by atoms with Crippen LogP contribution in [0.3, 0.4) is 0 Å². The third kappa shape index (κ3) is 2.64. The Labute approximate surface area is 85.7 Å². The van der Waals surface area contributed by atoms with Gasteiger partial charge in [-0.15, -0.1) is 0 Å². The Morgan fingerprint density at radius 1 is 1.50 bits per heavy atom. The summed E-state index contributed by atoms with van der Waals surface area (Å²) in [6.45, 7) is 3.30. The molecule has 0 saturated heterocycles. The van der Waals surface area contributed by atoms with E-state index in [4.69, 9.17) is 4.74 Å². The topological polar surface area (TPSA) is 29.5 Å². The molecule has 1 rings (SSSR count). The van der Waals surface area contributed by atoms with Gasteiger partial charge in [0.15, 0.2) is 0 Å². The van der Waals surface area contributed by atoms with Crippen molar-refractivity contribution < 1.29 is 9.84 Å². The summed E-state index contributed by atoms with van der Waals surface area (Å²) in [4.78, 5) is 0. The van der Waals surface area contributed by atoms with E-state index in [1.807, 2.05) is 19.1 Å². The van der Waals surface area contributed by atoms with Crippen molar-refractivity contribution in [3.63, 3.8) is 0 Å². The largest absolute Gasteiger partial charge is 0.507 e. The summed E-state index contributed by atoms with van der Waals surface area (Å²) >= 11 is 2.10. The van der Waals surface area contributed by atoms with E-state index < -0.39 is 0 Å². The zero-order chi connectivity index (χ0) is 8.97. The van der Waals surface area contributed by atoms with E-state index in [0.717, 1.165) is 15.7 Å². The summed E-state index contributed by atoms with van der Waals surface area (Å²) in [5.41, 5.74) is 1.10. The summed E-state index contributed by atoms with van der Waals surface area (Å²) in [6.07, 6.45) is 0. The van der Waals surface area contributed by atoms with Crippen LogP contribution in [-0.2, 0) is 11.3 Å². The van der Waals surface area contributed by atoms with E-state index >= 15 is 0 Å². The molecule has 1 aromatic carbocycles. The number of phenolic OH excluding ortho intramolecular Hbond substituents is 1. The van der Waals surface area contributed by atoms with Gasteiger partial charge in [0.1, 0.15) is 5.75 Å². The molecule has 1 aromatic rings. The van der Waals surface area contributed by atoms with Gasteiger partial charge in [-0.1, -0.05) is 6.07 Å². The molecular formula is C9H11IO2. The highest BCUT2D eigenvalue weighted by molar-refractivity contribution is 14.1. The Bertz CT molecular complexity index is 261. The van der Waals surface area contributed by atoms with Crippen molar-refractivity contribution in [3.8, 4) is 5.75 Å². The van der Waals surface area contributed by atoms with Crippen LogP contribution in [0.5, 0.6) is 5.75 Å². The third-order valence-electron chi connectivity index (χ3n) is 1.48. The SMILES string of the molecule is CCOCc1ccc(O)c(I)c1. The fraction of sp³-hybridized carbons (Fsp3) is 0.333. The van der Waals surface area contributed by atoms with E-state index in [1.165, 1.54) is 0 Å². The number of ether oxygens (including phenoxy) is 1. The van der Waals surface area contributed by atoms with Crippen molar-refractivity contribution in [2.75, 3.05) is 6.61 Å². The fourth-order valence-electron chi connectivity index (χ4n) is 0.860. The molecule has 0 aliphatic rings. The van der Waals surface area contributed by atoms with Crippen molar-refractivity contribution in [3.05, 3.63) is 27.3 Å². The van der Waals surface area contributed by atoms with E-state index in [0.29, 0.717) is 12.4 Å². The lowest BCUT2D eigenvalue weighted by Crippen LogP contribution is -1.91. The molecule has 0 aliphatic heterocycles. The van der Waals surface area contributed by atoms with E-state index in [-0.39, 0.29) is 0 Å². The zero-order valence-corrected chi connectivity index (χ0v) is 9.04. The molecule has 0 fully saturated rings. The molecule has 1 N–H and O–H groups in total. The van der Waals surface area contributed by atoms with Gasteiger partial charge in [-0.05, 0) is 47.2 Å². The molecule has 0 amide bonds. The molecule has 0 atom stereocenters. The van der Waals surface area contributed by atoms with Crippen LogP contribution in [0.15, 0.2) is 18.2 Å². The highest BCUT2D eigenvalue weighted by Crippen LogP contribution is 2.20. The standard InChI is InChI=1S/C9H11IO2/c1-2-12-6-7-3-4-9(11)8(10)5-7/h3-5,11H,2,6H2,1H3. The van der Waals surface area contributed by atoms with Crippen LogP contribution >= 0.6 is 22.6 Å². The average molecular weight is 278 g/mol. The van der Waals surface area contributed by atoms with Crippen molar-refractivity contribution in [2.45, 2.75) is 13.5 Å². The van der Waals surface area contributed by atoms with Gasteiger partial charge in [-0.3, -0.25) is 0 Å². The highest BCUT2D eigenvalue weighted by Gasteiger charge is 1.98. The molecule has 3 heteroatoms. The van der Waals surface area contributed by atoms with Gasteiger partial charge in [0.2, 0.25) is 0 Å². The molecule has 12 heavy (non-hydrogen) atoms. The molecule has 0 aliphatic carbocycles. The zero-order valence-electron chi connectivity index (χ0n) is 6.88. The van der Waals surface area contributed by atoms with Crippen LogP contribution in [0.2, 0.25) is 0 Å². The molecular weight excluding hydrogens is 267 g/mol. The Kier molecular flexibility index (Phi) is 3.81. The average Bonchev–Trinajstić information content (AvgIpc) is 2.07. The van der Waals surface area contributed by atoms with E-state index in [1.54, 1.807) is 6.07 Å². The minimum Gasteiger partial charge on any atom is -0.507 e. The Hall–Kier alpha value is -0.290. The number of hydrogen-bond donors (Lipinski definition) is 1. The summed E-state index contributed by atoms with van der Waals surface area (Å²) < 4.78 is 6.10. The van der Waals surface area contributed by atoms with Crippen LogP contribution in [0.1, 0.15) is 12.5 Å². The van der Waals surface area contributed by atoms with Crippen molar-refractivity contribution in [2.24, 2.45) is 0 Å². The maximum absolute atomic E-state index is 9.22. The van der Waals surface area contributed by atoms with Crippen LogP contribution in [0, 0.1) is 3.57 Å². The summed E-state index contributed by atoms with van der Waals surface area (Å²) in [6, 6.07) is 5.48. The summed E-state index contributed by atoms with van der Waals surface area (Å²) in [7, 11) is 0. The van der Waals surface area contributed by atoms with Gasteiger partial charge in [0.05, 0.1) is 10.2 Å². The second-order valence-corrected chi connectivity index (χ2v) is 3.59. The smallest absolute Gasteiger partial charge is 0.128 e. The second kappa shape index (κ2) is 4.67. The van der Waals surface area contributed by atoms with Crippen molar-refractivity contribution >= 4 is 22.6 Å². The maximum Gasteiger partial charge on any atom is 0.128 e. The van der Waals surface area contributed by atoms with Crippen LogP contribution in [0.25, 0.3) is 0 Å². The lowest BCUT2D eigenvalue weighted by Gasteiger charge is -2.02. The first-order valence-corrected chi connectivity index (χ1v) is 4.87.